The number of halogens is 3. The lowest BCUT2D eigenvalue weighted by atomic mass is 10.0. The number of pyridine rings is 2. The minimum Gasteiger partial charge on any atom is -0.497 e. The van der Waals surface area contributed by atoms with Crippen LogP contribution in [0.1, 0.15) is 40.8 Å². The van der Waals surface area contributed by atoms with Gasteiger partial charge in [0.1, 0.15) is 58.0 Å². The predicted molar refractivity (Wildman–Crippen MR) is 207 cm³/mol. The van der Waals surface area contributed by atoms with Gasteiger partial charge >= 0.3 is 0 Å². The molecule has 11 nitrogen and oxygen atoms in total. The summed E-state index contributed by atoms with van der Waals surface area (Å²) in [6, 6.07) is 19.8. The fourth-order valence-electron chi connectivity index (χ4n) is 6.87. The molecule has 4 heterocycles. The molecule has 0 saturated heterocycles. The van der Waals surface area contributed by atoms with Crippen LogP contribution in [0.15, 0.2) is 78.1 Å². The van der Waals surface area contributed by atoms with Gasteiger partial charge in [0.25, 0.3) is 0 Å². The van der Waals surface area contributed by atoms with Gasteiger partial charge in [0.05, 0.1) is 26.8 Å². The van der Waals surface area contributed by atoms with E-state index in [4.69, 9.17) is 19.2 Å². The zero-order valence-electron chi connectivity index (χ0n) is 31.6. The van der Waals surface area contributed by atoms with Crippen LogP contribution in [0.25, 0.3) is 22.2 Å². The number of nitrogens with zero attached hydrogens (tertiary/aromatic N) is 6. The summed E-state index contributed by atoms with van der Waals surface area (Å²) in [6.45, 7) is 5.70. The number of anilines is 2. The number of hydrogen-bond acceptors (Lipinski definition) is 11. The van der Waals surface area contributed by atoms with Crippen LogP contribution in [0.4, 0.5) is 24.8 Å². The zero-order chi connectivity index (χ0) is 39.9. The lowest BCUT2D eigenvalue weighted by Gasteiger charge is -2.33. The number of aryl methyl sites for hydroxylation is 1. The molecule has 0 spiro atoms. The summed E-state index contributed by atoms with van der Waals surface area (Å²) in [5, 5.41) is -0.627. The van der Waals surface area contributed by atoms with Crippen molar-refractivity contribution in [1.82, 2.24) is 19.9 Å². The first-order valence-corrected chi connectivity index (χ1v) is 19.6. The standard InChI is InChI=1S/C41H39F3N6O5S/c1-23-20-31(34(43)24(2)33(23)42)36-35(44)37-32-39(48-41(47-37)56(6,51)52)50(18-19-55-40(32)46-36)25(3)30-8-7-17-45-38(30)49(21-26-9-13-28(53-4)14-10-26)22-27-11-15-29(54-5)16-12-27/h7-17,20,25H,18-19,21-22H2,1-6H3/t25-/m1/s1. The summed E-state index contributed by atoms with van der Waals surface area (Å²) in [4.78, 5) is 21.8. The average Bonchev–Trinajstić information content (AvgIpc) is 3.39. The molecule has 56 heavy (non-hydrogen) atoms. The third-order valence-electron chi connectivity index (χ3n) is 9.84. The molecule has 290 valence electrons. The first-order chi connectivity index (χ1) is 26.8. The van der Waals surface area contributed by atoms with Crippen molar-refractivity contribution in [2.45, 2.75) is 45.1 Å². The molecular formula is C41H39F3N6O5S. The van der Waals surface area contributed by atoms with Crippen LogP contribution >= 0.6 is 0 Å². The van der Waals surface area contributed by atoms with E-state index < -0.39 is 49.7 Å². The van der Waals surface area contributed by atoms with Crippen molar-refractivity contribution in [3.63, 3.8) is 0 Å². The van der Waals surface area contributed by atoms with Crippen LogP contribution < -0.4 is 24.0 Å². The van der Waals surface area contributed by atoms with Crippen LogP contribution in [0, 0.1) is 31.3 Å². The van der Waals surface area contributed by atoms with Gasteiger partial charge in [-0.25, -0.2) is 41.5 Å². The van der Waals surface area contributed by atoms with Gasteiger partial charge in [-0.2, -0.15) is 0 Å². The fraction of sp³-hybridized carbons (Fsp3) is 0.268. The maximum absolute atomic E-state index is 16.7. The number of sulfone groups is 1. The Morgan fingerprint density at radius 2 is 1.50 bits per heavy atom. The lowest BCUT2D eigenvalue weighted by Crippen LogP contribution is -2.33. The molecule has 0 fully saturated rings. The molecule has 0 amide bonds. The molecule has 0 aliphatic carbocycles. The minimum absolute atomic E-state index is 0.0118. The SMILES string of the molecule is COc1ccc(CN(Cc2ccc(OC)cc2)c2ncccc2[C@@H](C)N2CCOc3nc(-c4cc(C)c(F)c(C)c4F)c(F)c4nc(S(C)(=O)=O)nc2c34)cc1. The van der Waals surface area contributed by atoms with Gasteiger partial charge in [-0.3, -0.25) is 0 Å². The Labute approximate surface area is 322 Å². The van der Waals surface area contributed by atoms with Crippen molar-refractivity contribution in [3.05, 3.63) is 118 Å². The molecule has 0 bridgehead atoms. The van der Waals surface area contributed by atoms with Gasteiger partial charge in [-0.05, 0) is 73.9 Å². The molecule has 0 N–H and O–H groups in total. The van der Waals surface area contributed by atoms with Gasteiger partial charge in [-0.15, -0.1) is 0 Å². The quantitative estimate of drug-likeness (QED) is 0.120. The third-order valence-corrected chi connectivity index (χ3v) is 10.7. The molecule has 7 rings (SSSR count). The van der Waals surface area contributed by atoms with Crippen LogP contribution in [-0.2, 0) is 22.9 Å². The lowest BCUT2D eigenvalue weighted by molar-refractivity contribution is 0.316. The number of methoxy groups -OCH3 is 2. The van der Waals surface area contributed by atoms with Gasteiger partial charge in [-0.1, -0.05) is 30.3 Å². The molecule has 3 aromatic heterocycles. The summed E-state index contributed by atoms with van der Waals surface area (Å²) in [7, 11) is -0.881. The van der Waals surface area contributed by atoms with Crippen LogP contribution in [-0.4, -0.2) is 62.0 Å². The minimum atomic E-state index is -4.10. The third kappa shape index (κ3) is 7.26. The Morgan fingerprint density at radius 3 is 2.09 bits per heavy atom. The molecule has 0 unspecified atom stereocenters. The Balaban J connectivity index is 1.37. The first-order valence-electron chi connectivity index (χ1n) is 17.7. The van der Waals surface area contributed by atoms with Gasteiger partial charge in [0.2, 0.25) is 20.9 Å². The second-order valence-electron chi connectivity index (χ2n) is 13.6. The largest absolute Gasteiger partial charge is 0.497 e. The summed E-state index contributed by atoms with van der Waals surface area (Å²) in [5.74, 6) is -0.847. The molecule has 3 aromatic carbocycles. The smallest absolute Gasteiger partial charge is 0.249 e. The molecule has 0 saturated carbocycles. The molecular weight excluding hydrogens is 746 g/mol. The zero-order valence-corrected chi connectivity index (χ0v) is 32.4. The van der Waals surface area contributed by atoms with Gasteiger partial charge in [0, 0.05) is 42.2 Å². The second kappa shape index (κ2) is 15.3. The molecule has 15 heteroatoms. The van der Waals surface area contributed by atoms with Gasteiger partial charge in [0.15, 0.2) is 5.82 Å². The summed E-state index contributed by atoms with van der Waals surface area (Å²) < 4.78 is 89.8. The van der Waals surface area contributed by atoms with Crippen molar-refractivity contribution in [3.8, 4) is 28.6 Å². The van der Waals surface area contributed by atoms with Crippen molar-refractivity contribution < 1.29 is 35.8 Å². The van der Waals surface area contributed by atoms with Gasteiger partial charge < -0.3 is 24.0 Å². The van der Waals surface area contributed by atoms with E-state index in [-0.39, 0.29) is 46.9 Å². The number of benzene rings is 3. The topological polar surface area (TPSA) is 120 Å². The van der Waals surface area contributed by atoms with E-state index in [1.54, 1.807) is 20.4 Å². The fourth-order valence-corrected chi connectivity index (χ4v) is 7.38. The molecule has 1 aliphatic heterocycles. The van der Waals surface area contributed by atoms with E-state index in [2.05, 4.69) is 19.9 Å². The summed E-state index contributed by atoms with van der Waals surface area (Å²) in [6.07, 6.45) is 2.62. The normalized spacial score (nSPS) is 13.3. The van der Waals surface area contributed by atoms with Crippen LogP contribution in [0.5, 0.6) is 17.4 Å². The average molecular weight is 785 g/mol. The highest BCUT2D eigenvalue weighted by molar-refractivity contribution is 7.90. The Morgan fingerprint density at radius 1 is 0.875 bits per heavy atom. The highest BCUT2D eigenvalue weighted by Gasteiger charge is 2.33. The molecule has 1 aliphatic rings. The van der Waals surface area contributed by atoms with E-state index in [1.807, 2.05) is 72.5 Å². The first kappa shape index (κ1) is 38.3. The van der Waals surface area contributed by atoms with Crippen LogP contribution in [0.3, 0.4) is 0 Å². The number of ether oxygens (including phenoxy) is 3. The van der Waals surface area contributed by atoms with E-state index >= 15 is 8.78 Å². The Bertz CT molecular complexity index is 2510. The van der Waals surface area contributed by atoms with Crippen molar-refractivity contribution in [2.24, 2.45) is 0 Å². The maximum atomic E-state index is 16.7. The van der Waals surface area contributed by atoms with E-state index in [0.717, 1.165) is 40.5 Å². The number of aromatic nitrogens is 4. The highest BCUT2D eigenvalue weighted by Crippen LogP contribution is 2.43. The van der Waals surface area contributed by atoms with E-state index in [9.17, 15) is 12.8 Å². The number of rotatable bonds is 11. The van der Waals surface area contributed by atoms with Crippen molar-refractivity contribution in [1.29, 1.82) is 0 Å². The predicted octanol–water partition coefficient (Wildman–Crippen LogP) is 7.71. The number of hydrogen-bond donors (Lipinski definition) is 0. The molecule has 6 aromatic rings. The molecule has 1 atom stereocenters. The maximum Gasteiger partial charge on any atom is 0.249 e. The van der Waals surface area contributed by atoms with Crippen molar-refractivity contribution >= 4 is 32.4 Å². The summed E-state index contributed by atoms with van der Waals surface area (Å²) in [5.41, 5.74) is 1.28. The van der Waals surface area contributed by atoms with E-state index in [1.165, 1.54) is 13.8 Å². The monoisotopic (exact) mass is 784 g/mol. The Kier molecular flexibility index (Phi) is 10.5. The molecule has 0 radical (unpaired) electrons. The summed E-state index contributed by atoms with van der Waals surface area (Å²) >= 11 is 0. The van der Waals surface area contributed by atoms with Crippen LogP contribution in [0.2, 0.25) is 0 Å². The second-order valence-corrected chi connectivity index (χ2v) is 15.5. The Hall–Kier alpha value is -5.96. The van der Waals surface area contributed by atoms with Crippen molar-refractivity contribution in [2.75, 3.05) is 43.4 Å². The highest BCUT2D eigenvalue weighted by atomic mass is 32.2. The van der Waals surface area contributed by atoms with E-state index in [0.29, 0.717) is 18.9 Å².